The predicted molar refractivity (Wildman–Crippen MR) is 66.0 cm³/mol. The summed E-state index contributed by atoms with van der Waals surface area (Å²) >= 11 is 0. The molecule has 1 aliphatic heterocycles. The molecule has 0 radical (unpaired) electrons. The number of hydrogen-bond acceptors (Lipinski definition) is 1. The molecule has 1 saturated carbocycles. The molecular formula is C14H27N. The Morgan fingerprint density at radius 3 is 2.40 bits per heavy atom. The number of likely N-dealkylation sites (N-methyl/N-ethyl adjacent to an activating group) is 1. The van der Waals surface area contributed by atoms with Crippen LogP contribution in [0.2, 0.25) is 0 Å². The fourth-order valence-electron chi connectivity index (χ4n) is 3.37. The van der Waals surface area contributed by atoms with E-state index in [0.717, 1.165) is 23.9 Å². The summed E-state index contributed by atoms with van der Waals surface area (Å²) < 4.78 is 0. The first kappa shape index (κ1) is 11.4. The van der Waals surface area contributed by atoms with Gasteiger partial charge in [0.2, 0.25) is 0 Å². The van der Waals surface area contributed by atoms with Gasteiger partial charge in [-0.1, -0.05) is 33.1 Å². The van der Waals surface area contributed by atoms with E-state index in [-0.39, 0.29) is 0 Å². The van der Waals surface area contributed by atoms with Gasteiger partial charge in [0.25, 0.3) is 0 Å². The average molecular weight is 209 g/mol. The van der Waals surface area contributed by atoms with Gasteiger partial charge in [0.15, 0.2) is 0 Å². The largest absolute Gasteiger partial charge is 0.297 e. The van der Waals surface area contributed by atoms with Crippen LogP contribution in [0, 0.1) is 11.8 Å². The van der Waals surface area contributed by atoms with Gasteiger partial charge in [0.1, 0.15) is 0 Å². The third-order valence-corrected chi connectivity index (χ3v) is 4.38. The summed E-state index contributed by atoms with van der Waals surface area (Å²) in [6, 6.07) is 1.95. The summed E-state index contributed by atoms with van der Waals surface area (Å²) in [6.07, 6.45) is 10.1. The molecule has 3 unspecified atom stereocenters. The molecule has 0 N–H and O–H groups in total. The maximum atomic E-state index is 2.66. The molecular weight excluding hydrogens is 182 g/mol. The Balaban J connectivity index is 1.81. The molecule has 15 heavy (non-hydrogen) atoms. The number of nitrogens with zero attached hydrogens (tertiary/aromatic N) is 1. The lowest BCUT2D eigenvalue weighted by molar-refractivity contribution is 0.378. The van der Waals surface area contributed by atoms with Gasteiger partial charge in [-0.15, -0.1) is 0 Å². The van der Waals surface area contributed by atoms with Gasteiger partial charge in [-0.05, 0) is 44.6 Å². The first-order chi connectivity index (χ1) is 7.29. The van der Waals surface area contributed by atoms with Crippen LogP contribution in [0.5, 0.6) is 0 Å². The fourth-order valence-corrected chi connectivity index (χ4v) is 3.37. The Hall–Kier alpha value is -0.0400. The maximum absolute atomic E-state index is 2.66. The van der Waals surface area contributed by atoms with E-state index in [1.807, 2.05) is 0 Å². The number of hydrogen-bond donors (Lipinski definition) is 0. The molecule has 0 aromatic heterocycles. The smallest absolute Gasteiger partial charge is 0.0283 e. The Labute approximate surface area is 95.2 Å². The second-order valence-electron chi connectivity index (χ2n) is 5.68. The van der Waals surface area contributed by atoms with Gasteiger partial charge < -0.3 is 0 Å². The zero-order chi connectivity index (χ0) is 10.8. The van der Waals surface area contributed by atoms with Gasteiger partial charge in [0.05, 0.1) is 0 Å². The van der Waals surface area contributed by atoms with Crippen LogP contribution in [0.3, 0.4) is 0 Å². The lowest BCUT2D eigenvalue weighted by atomic mass is 9.91. The second kappa shape index (κ2) is 4.86. The summed E-state index contributed by atoms with van der Waals surface area (Å²) in [4.78, 5) is 2.66. The molecule has 1 saturated heterocycles. The maximum Gasteiger partial charge on any atom is 0.0283 e. The quantitative estimate of drug-likeness (QED) is 0.578. The molecule has 0 bridgehead atoms. The predicted octanol–water partition coefficient (Wildman–Crippen LogP) is 3.69. The third-order valence-electron chi connectivity index (χ3n) is 4.38. The molecule has 0 aromatic carbocycles. The molecule has 2 fully saturated rings. The highest BCUT2D eigenvalue weighted by Gasteiger charge is 2.55. The Morgan fingerprint density at radius 1 is 1.13 bits per heavy atom. The van der Waals surface area contributed by atoms with E-state index in [9.17, 15) is 0 Å². The molecule has 0 spiro atoms. The first-order valence-electron chi connectivity index (χ1n) is 7.01. The van der Waals surface area contributed by atoms with Crippen LogP contribution >= 0.6 is 0 Å². The van der Waals surface area contributed by atoms with Crippen molar-refractivity contribution in [2.24, 2.45) is 11.8 Å². The van der Waals surface area contributed by atoms with E-state index in [1.165, 1.54) is 44.9 Å². The van der Waals surface area contributed by atoms with Crippen LogP contribution in [-0.2, 0) is 0 Å². The summed E-state index contributed by atoms with van der Waals surface area (Å²) in [6.45, 7) is 4.66. The zero-order valence-electron chi connectivity index (χ0n) is 10.7. The topological polar surface area (TPSA) is 3.01 Å². The van der Waals surface area contributed by atoms with Crippen molar-refractivity contribution in [3.8, 4) is 0 Å². The monoisotopic (exact) mass is 209 g/mol. The fraction of sp³-hybridized carbons (Fsp3) is 1.00. The van der Waals surface area contributed by atoms with Crippen LogP contribution in [-0.4, -0.2) is 24.0 Å². The first-order valence-corrected chi connectivity index (χ1v) is 7.01. The van der Waals surface area contributed by atoms with Gasteiger partial charge in [0, 0.05) is 12.1 Å². The molecule has 4 atom stereocenters. The van der Waals surface area contributed by atoms with Gasteiger partial charge >= 0.3 is 0 Å². The van der Waals surface area contributed by atoms with Crippen LogP contribution in [0.4, 0.5) is 0 Å². The van der Waals surface area contributed by atoms with Crippen molar-refractivity contribution in [1.82, 2.24) is 4.90 Å². The van der Waals surface area contributed by atoms with Crippen molar-refractivity contribution in [1.29, 1.82) is 0 Å². The SMILES string of the molecule is CCCCC(CCC)[C@@H]1C(C2CC2)N1C. The molecule has 1 nitrogen and oxygen atoms in total. The zero-order valence-corrected chi connectivity index (χ0v) is 10.7. The molecule has 0 aromatic rings. The Morgan fingerprint density at radius 2 is 1.87 bits per heavy atom. The van der Waals surface area contributed by atoms with Crippen molar-refractivity contribution in [3.63, 3.8) is 0 Å². The van der Waals surface area contributed by atoms with E-state index in [0.29, 0.717) is 0 Å². The van der Waals surface area contributed by atoms with Crippen LogP contribution in [0.15, 0.2) is 0 Å². The Kier molecular flexibility index (Phi) is 3.71. The highest BCUT2D eigenvalue weighted by atomic mass is 15.3. The average Bonchev–Trinajstić information content (AvgIpc) is 3.08. The minimum atomic E-state index is 0.962. The third kappa shape index (κ3) is 2.55. The van der Waals surface area contributed by atoms with E-state index >= 15 is 0 Å². The van der Waals surface area contributed by atoms with E-state index in [1.54, 1.807) is 0 Å². The Bertz CT molecular complexity index is 198. The number of unbranched alkanes of at least 4 members (excludes halogenated alkanes) is 1. The standard InChI is InChI=1S/C14H27N/c1-4-6-8-11(7-5-2)13-14(15(13)3)12-9-10-12/h11-14H,4-10H2,1-3H3/t11?,13-,14?,15?/m1/s1. The van der Waals surface area contributed by atoms with Crippen molar-refractivity contribution in [2.45, 2.75) is 70.9 Å². The summed E-state index contributed by atoms with van der Waals surface area (Å²) in [5.41, 5.74) is 0. The van der Waals surface area contributed by atoms with Crippen molar-refractivity contribution in [3.05, 3.63) is 0 Å². The van der Waals surface area contributed by atoms with Gasteiger partial charge in [-0.25, -0.2) is 0 Å². The van der Waals surface area contributed by atoms with Crippen molar-refractivity contribution < 1.29 is 0 Å². The van der Waals surface area contributed by atoms with Gasteiger partial charge in [-0.2, -0.15) is 0 Å². The van der Waals surface area contributed by atoms with Crippen LogP contribution < -0.4 is 0 Å². The molecule has 1 heterocycles. The molecule has 2 rings (SSSR count). The van der Waals surface area contributed by atoms with E-state index in [4.69, 9.17) is 0 Å². The summed E-state index contributed by atoms with van der Waals surface area (Å²) in [7, 11) is 2.35. The minimum absolute atomic E-state index is 0.962. The van der Waals surface area contributed by atoms with E-state index in [2.05, 4.69) is 25.8 Å². The molecule has 0 amide bonds. The second-order valence-corrected chi connectivity index (χ2v) is 5.68. The highest BCUT2D eigenvalue weighted by molar-refractivity contribution is 5.10. The summed E-state index contributed by atoms with van der Waals surface area (Å²) in [5, 5.41) is 0. The van der Waals surface area contributed by atoms with Crippen LogP contribution in [0.1, 0.15) is 58.8 Å². The van der Waals surface area contributed by atoms with E-state index < -0.39 is 0 Å². The normalized spacial score (nSPS) is 36.6. The molecule has 1 aliphatic carbocycles. The molecule has 1 heteroatoms. The molecule has 2 aliphatic rings. The summed E-state index contributed by atoms with van der Waals surface area (Å²) in [5.74, 6) is 2.09. The highest BCUT2D eigenvalue weighted by Crippen LogP contribution is 2.49. The lowest BCUT2D eigenvalue weighted by Crippen LogP contribution is -2.13. The van der Waals surface area contributed by atoms with Crippen molar-refractivity contribution in [2.75, 3.05) is 7.05 Å². The minimum Gasteiger partial charge on any atom is -0.297 e. The van der Waals surface area contributed by atoms with Gasteiger partial charge in [-0.3, -0.25) is 4.90 Å². The van der Waals surface area contributed by atoms with Crippen LogP contribution in [0.25, 0.3) is 0 Å². The van der Waals surface area contributed by atoms with Crippen molar-refractivity contribution >= 4 is 0 Å². The number of rotatable bonds is 7. The molecule has 88 valence electrons. The lowest BCUT2D eigenvalue weighted by Gasteiger charge is -2.15.